The second-order valence-corrected chi connectivity index (χ2v) is 6.85. The largest absolute Gasteiger partial charge is 0.392 e. The highest BCUT2D eigenvalue weighted by atomic mass is 32.2. The maximum atomic E-state index is 13.9. The maximum absolute atomic E-state index is 13.9. The van der Waals surface area contributed by atoms with Crippen molar-refractivity contribution in [3.8, 4) is 0 Å². The summed E-state index contributed by atoms with van der Waals surface area (Å²) in [6.45, 7) is 2.41. The van der Waals surface area contributed by atoms with Gasteiger partial charge in [0.1, 0.15) is 10.7 Å². The summed E-state index contributed by atoms with van der Waals surface area (Å²) in [5.74, 6) is -0.861. The lowest BCUT2D eigenvalue weighted by atomic mass is 9.94. The molecule has 0 amide bonds. The Morgan fingerprint density at radius 3 is 2.60 bits per heavy atom. The zero-order valence-electron chi connectivity index (χ0n) is 11.2. The van der Waals surface area contributed by atoms with Crippen molar-refractivity contribution in [3.05, 3.63) is 29.6 Å². The van der Waals surface area contributed by atoms with Crippen LogP contribution in [0.15, 0.2) is 23.1 Å². The summed E-state index contributed by atoms with van der Waals surface area (Å²) in [6.07, 6.45) is 1.09. The van der Waals surface area contributed by atoms with Crippen molar-refractivity contribution in [1.82, 2.24) is 4.72 Å². The Morgan fingerprint density at radius 1 is 1.40 bits per heavy atom. The lowest BCUT2D eigenvalue weighted by Gasteiger charge is -2.34. The smallest absolute Gasteiger partial charge is 0.243 e. The van der Waals surface area contributed by atoms with Crippen LogP contribution in [0.2, 0.25) is 0 Å². The maximum Gasteiger partial charge on any atom is 0.243 e. The molecule has 0 bridgehead atoms. The standard InChI is InChI=1S/C13H18FNO4S/c1-13(4-6-19-7-5-13)15-20(17,18)12-3-2-10(9-16)8-11(12)14/h2-3,8,15-16H,4-7,9H2,1H3. The molecule has 1 fully saturated rings. The summed E-state index contributed by atoms with van der Waals surface area (Å²) in [4.78, 5) is -0.401. The van der Waals surface area contributed by atoms with Crippen LogP contribution in [0.25, 0.3) is 0 Å². The predicted molar refractivity (Wildman–Crippen MR) is 71.1 cm³/mol. The van der Waals surface area contributed by atoms with Gasteiger partial charge in [0.2, 0.25) is 10.0 Å². The van der Waals surface area contributed by atoms with E-state index in [4.69, 9.17) is 9.84 Å². The zero-order chi connectivity index (χ0) is 14.8. The van der Waals surface area contributed by atoms with Crippen molar-refractivity contribution in [2.24, 2.45) is 0 Å². The van der Waals surface area contributed by atoms with E-state index in [1.807, 2.05) is 0 Å². The van der Waals surface area contributed by atoms with Gasteiger partial charge in [-0.25, -0.2) is 17.5 Å². The quantitative estimate of drug-likeness (QED) is 0.875. The summed E-state index contributed by atoms with van der Waals surface area (Å²) >= 11 is 0. The average Bonchev–Trinajstić information content (AvgIpc) is 2.37. The highest BCUT2D eigenvalue weighted by Crippen LogP contribution is 2.24. The summed E-state index contributed by atoms with van der Waals surface area (Å²) in [5, 5.41) is 8.91. The number of benzene rings is 1. The highest BCUT2D eigenvalue weighted by molar-refractivity contribution is 7.89. The molecular weight excluding hydrogens is 285 g/mol. The van der Waals surface area contributed by atoms with Crippen molar-refractivity contribution < 1.29 is 22.7 Å². The molecule has 1 aromatic rings. The number of hydrogen-bond donors (Lipinski definition) is 2. The van der Waals surface area contributed by atoms with Crippen LogP contribution in [-0.2, 0) is 21.4 Å². The van der Waals surface area contributed by atoms with Crippen LogP contribution in [0.4, 0.5) is 4.39 Å². The van der Waals surface area contributed by atoms with Gasteiger partial charge in [-0.1, -0.05) is 6.07 Å². The Hall–Kier alpha value is -1.02. The highest BCUT2D eigenvalue weighted by Gasteiger charge is 2.33. The molecule has 1 aromatic carbocycles. The van der Waals surface area contributed by atoms with Crippen LogP contribution >= 0.6 is 0 Å². The van der Waals surface area contributed by atoms with Crippen molar-refractivity contribution in [2.45, 2.75) is 36.8 Å². The van der Waals surface area contributed by atoms with E-state index < -0.39 is 26.3 Å². The van der Waals surface area contributed by atoms with E-state index in [2.05, 4.69) is 4.72 Å². The van der Waals surface area contributed by atoms with E-state index in [0.717, 1.165) is 6.07 Å². The van der Waals surface area contributed by atoms with Crippen LogP contribution in [0.5, 0.6) is 0 Å². The van der Waals surface area contributed by atoms with Gasteiger partial charge in [-0.3, -0.25) is 0 Å². The second-order valence-electron chi connectivity index (χ2n) is 5.20. The van der Waals surface area contributed by atoms with Crippen molar-refractivity contribution >= 4 is 10.0 Å². The molecule has 0 spiro atoms. The first-order valence-electron chi connectivity index (χ1n) is 6.37. The number of hydrogen-bond acceptors (Lipinski definition) is 4. The normalized spacial score (nSPS) is 18.9. The number of aliphatic hydroxyl groups excluding tert-OH is 1. The van der Waals surface area contributed by atoms with Crippen LogP contribution in [-0.4, -0.2) is 32.3 Å². The van der Waals surface area contributed by atoms with E-state index in [1.165, 1.54) is 12.1 Å². The molecule has 1 heterocycles. The second kappa shape index (κ2) is 5.77. The zero-order valence-corrected chi connectivity index (χ0v) is 12.0. The molecule has 7 heteroatoms. The minimum Gasteiger partial charge on any atom is -0.392 e. The summed E-state index contributed by atoms with van der Waals surface area (Å²) in [6, 6.07) is 3.59. The third-order valence-corrected chi connectivity index (χ3v) is 5.12. The average molecular weight is 303 g/mol. The van der Waals surface area contributed by atoms with Crippen molar-refractivity contribution in [3.63, 3.8) is 0 Å². The number of rotatable bonds is 4. The van der Waals surface area contributed by atoms with Gasteiger partial charge in [0.25, 0.3) is 0 Å². The molecule has 0 unspecified atom stereocenters. The van der Waals surface area contributed by atoms with Gasteiger partial charge < -0.3 is 9.84 Å². The number of aliphatic hydroxyl groups is 1. The summed E-state index contributed by atoms with van der Waals surface area (Å²) in [7, 11) is -3.94. The van der Waals surface area contributed by atoms with Crippen LogP contribution in [0.1, 0.15) is 25.3 Å². The third kappa shape index (κ3) is 3.35. The fourth-order valence-corrected chi connectivity index (χ4v) is 3.69. The van der Waals surface area contributed by atoms with Gasteiger partial charge >= 0.3 is 0 Å². The van der Waals surface area contributed by atoms with Crippen LogP contribution in [0, 0.1) is 5.82 Å². The Bertz CT molecular complexity index is 582. The Balaban J connectivity index is 2.26. The van der Waals surface area contributed by atoms with E-state index >= 15 is 0 Å². The van der Waals surface area contributed by atoms with Gasteiger partial charge in [0, 0.05) is 18.8 Å². The van der Waals surface area contributed by atoms with Crippen LogP contribution < -0.4 is 4.72 Å². The molecule has 112 valence electrons. The minimum atomic E-state index is -3.94. The molecule has 1 saturated heterocycles. The lowest BCUT2D eigenvalue weighted by molar-refractivity contribution is 0.0537. The van der Waals surface area contributed by atoms with Gasteiger partial charge in [-0.15, -0.1) is 0 Å². The fourth-order valence-electron chi connectivity index (χ4n) is 2.16. The topological polar surface area (TPSA) is 75.6 Å². The number of halogens is 1. The molecule has 5 nitrogen and oxygen atoms in total. The molecule has 1 aliphatic heterocycles. The molecule has 2 N–H and O–H groups in total. The minimum absolute atomic E-state index is 0.332. The summed E-state index contributed by atoms with van der Waals surface area (Å²) < 4.78 is 46.2. The predicted octanol–water partition coefficient (Wildman–Crippen LogP) is 1.17. The molecule has 0 aromatic heterocycles. The van der Waals surface area contributed by atoms with Gasteiger partial charge in [-0.05, 0) is 37.5 Å². The molecule has 20 heavy (non-hydrogen) atoms. The fraction of sp³-hybridized carbons (Fsp3) is 0.538. The monoisotopic (exact) mass is 303 g/mol. The van der Waals surface area contributed by atoms with Crippen molar-refractivity contribution in [1.29, 1.82) is 0 Å². The Labute approximate surface area is 117 Å². The van der Waals surface area contributed by atoms with E-state index in [1.54, 1.807) is 6.92 Å². The number of nitrogens with one attached hydrogen (secondary N) is 1. The molecule has 0 aliphatic carbocycles. The molecule has 0 saturated carbocycles. The van der Waals surface area contributed by atoms with E-state index in [-0.39, 0.29) is 6.61 Å². The van der Waals surface area contributed by atoms with E-state index in [0.29, 0.717) is 31.6 Å². The lowest BCUT2D eigenvalue weighted by Crippen LogP contribution is -2.49. The number of sulfonamides is 1. The van der Waals surface area contributed by atoms with Gasteiger partial charge in [0.15, 0.2) is 0 Å². The number of ether oxygens (including phenoxy) is 1. The first-order valence-corrected chi connectivity index (χ1v) is 7.86. The Kier molecular flexibility index (Phi) is 4.43. The van der Waals surface area contributed by atoms with Gasteiger partial charge in [0.05, 0.1) is 6.61 Å². The van der Waals surface area contributed by atoms with Crippen LogP contribution in [0.3, 0.4) is 0 Å². The first-order chi connectivity index (χ1) is 9.36. The SMILES string of the molecule is CC1(NS(=O)(=O)c2ccc(CO)cc2F)CCOCC1. The molecule has 1 aliphatic rings. The first kappa shape index (κ1) is 15.4. The third-order valence-electron chi connectivity index (χ3n) is 3.45. The van der Waals surface area contributed by atoms with E-state index in [9.17, 15) is 12.8 Å². The summed E-state index contributed by atoms with van der Waals surface area (Å²) in [5.41, 5.74) is -0.294. The molecule has 2 rings (SSSR count). The van der Waals surface area contributed by atoms with Crippen molar-refractivity contribution in [2.75, 3.05) is 13.2 Å². The molecular formula is C13H18FNO4S. The molecule has 0 atom stereocenters. The molecule has 0 radical (unpaired) electrons. The van der Waals surface area contributed by atoms with Gasteiger partial charge in [-0.2, -0.15) is 0 Å². The Morgan fingerprint density at radius 2 is 2.05 bits per heavy atom.